The number of aryl methyl sites for hydroxylation is 1. The van der Waals surface area contributed by atoms with Crippen LogP contribution in [0.25, 0.3) is 0 Å². The molecule has 1 rings (SSSR count). The van der Waals surface area contributed by atoms with Gasteiger partial charge >= 0.3 is 0 Å². The van der Waals surface area contributed by atoms with E-state index in [1.807, 2.05) is 7.05 Å². The molecule has 4 nitrogen and oxygen atoms in total. The van der Waals surface area contributed by atoms with Crippen molar-refractivity contribution in [2.75, 3.05) is 5.32 Å². The topological polar surface area (TPSA) is 55.9 Å². The summed E-state index contributed by atoms with van der Waals surface area (Å²) in [5.41, 5.74) is 6.03. The third kappa shape index (κ3) is 1.70. The maximum Gasteiger partial charge on any atom is 0.168 e. The predicted molar refractivity (Wildman–Crippen MR) is 43.6 cm³/mol. The molecular formula is C5H8N4S. The lowest BCUT2D eigenvalue weighted by atomic mass is 10.6. The zero-order valence-corrected chi connectivity index (χ0v) is 6.35. The Kier molecular flexibility index (Phi) is 1.86. The quantitative estimate of drug-likeness (QED) is 0.565. The number of anilines is 1. The molecule has 0 saturated carbocycles. The van der Waals surface area contributed by atoms with Crippen LogP contribution in [0.3, 0.4) is 0 Å². The lowest BCUT2D eigenvalue weighted by Gasteiger charge is -1.95. The van der Waals surface area contributed by atoms with Crippen molar-refractivity contribution in [2.45, 2.75) is 0 Å². The molecule has 0 fully saturated rings. The first-order chi connectivity index (χ1) is 4.68. The molecule has 10 heavy (non-hydrogen) atoms. The Hall–Kier alpha value is -1.10. The smallest absolute Gasteiger partial charge is 0.168 e. The van der Waals surface area contributed by atoms with Gasteiger partial charge in [0.1, 0.15) is 0 Å². The van der Waals surface area contributed by atoms with Crippen molar-refractivity contribution in [1.82, 2.24) is 9.78 Å². The maximum absolute atomic E-state index is 5.22. The Morgan fingerprint density at radius 1 is 1.90 bits per heavy atom. The number of hydrogen-bond donors (Lipinski definition) is 2. The van der Waals surface area contributed by atoms with Crippen LogP contribution in [0.4, 0.5) is 5.69 Å². The summed E-state index contributed by atoms with van der Waals surface area (Å²) in [6, 6.07) is 0. The first-order valence-electron chi connectivity index (χ1n) is 2.73. The molecule has 0 bridgehead atoms. The Morgan fingerprint density at radius 2 is 2.60 bits per heavy atom. The van der Waals surface area contributed by atoms with Crippen molar-refractivity contribution in [1.29, 1.82) is 0 Å². The highest BCUT2D eigenvalue weighted by atomic mass is 32.1. The highest BCUT2D eigenvalue weighted by Gasteiger charge is 1.93. The average Bonchev–Trinajstić information content (AvgIpc) is 2.13. The number of aromatic nitrogens is 2. The number of hydrogen-bond acceptors (Lipinski definition) is 2. The summed E-state index contributed by atoms with van der Waals surface area (Å²) in [6.45, 7) is 0. The van der Waals surface area contributed by atoms with Gasteiger partial charge in [0.15, 0.2) is 5.11 Å². The summed E-state index contributed by atoms with van der Waals surface area (Å²) in [5, 5.41) is 6.92. The average molecular weight is 156 g/mol. The van der Waals surface area contributed by atoms with E-state index in [2.05, 4.69) is 22.6 Å². The van der Waals surface area contributed by atoms with Crippen LogP contribution in [0.1, 0.15) is 0 Å². The van der Waals surface area contributed by atoms with Gasteiger partial charge in [0, 0.05) is 13.2 Å². The molecule has 54 valence electrons. The number of rotatable bonds is 1. The minimum Gasteiger partial charge on any atom is -0.376 e. The molecule has 0 amide bonds. The van der Waals surface area contributed by atoms with E-state index in [4.69, 9.17) is 5.73 Å². The lowest BCUT2D eigenvalue weighted by Crippen LogP contribution is -2.18. The van der Waals surface area contributed by atoms with E-state index < -0.39 is 0 Å². The summed E-state index contributed by atoms with van der Waals surface area (Å²) >= 11 is 4.62. The van der Waals surface area contributed by atoms with Crippen LogP contribution in [0.15, 0.2) is 12.4 Å². The summed E-state index contributed by atoms with van der Waals surface area (Å²) in [6.07, 6.45) is 3.44. The number of thiocarbonyl (C=S) groups is 1. The highest BCUT2D eigenvalue weighted by Crippen LogP contribution is 2.01. The molecular weight excluding hydrogens is 148 g/mol. The Labute approximate surface area is 64.0 Å². The number of nitrogens with two attached hydrogens (primary N) is 1. The van der Waals surface area contributed by atoms with Gasteiger partial charge in [-0.2, -0.15) is 5.10 Å². The first-order valence-corrected chi connectivity index (χ1v) is 3.14. The lowest BCUT2D eigenvalue weighted by molar-refractivity contribution is 0.768. The largest absolute Gasteiger partial charge is 0.376 e. The van der Waals surface area contributed by atoms with Crippen LogP contribution in [-0.2, 0) is 7.05 Å². The Morgan fingerprint density at radius 3 is 3.00 bits per heavy atom. The van der Waals surface area contributed by atoms with Gasteiger partial charge in [-0.15, -0.1) is 0 Å². The van der Waals surface area contributed by atoms with E-state index in [1.165, 1.54) is 0 Å². The van der Waals surface area contributed by atoms with Gasteiger partial charge in [0.25, 0.3) is 0 Å². The second-order valence-corrected chi connectivity index (χ2v) is 2.33. The van der Waals surface area contributed by atoms with Crippen LogP contribution in [0.2, 0.25) is 0 Å². The summed E-state index contributed by atoms with van der Waals surface area (Å²) in [5.74, 6) is 0. The van der Waals surface area contributed by atoms with Crippen LogP contribution in [-0.4, -0.2) is 14.9 Å². The molecule has 0 saturated heterocycles. The molecule has 5 heteroatoms. The van der Waals surface area contributed by atoms with E-state index in [9.17, 15) is 0 Å². The van der Waals surface area contributed by atoms with Gasteiger partial charge in [0.05, 0.1) is 11.9 Å². The second-order valence-electron chi connectivity index (χ2n) is 1.89. The van der Waals surface area contributed by atoms with E-state index in [1.54, 1.807) is 17.1 Å². The second kappa shape index (κ2) is 2.66. The molecule has 0 atom stereocenters. The fraction of sp³-hybridized carbons (Fsp3) is 0.200. The van der Waals surface area contributed by atoms with Crippen molar-refractivity contribution in [3.05, 3.63) is 12.4 Å². The van der Waals surface area contributed by atoms with Crippen LogP contribution in [0, 0.1) is 0 Å². The zero-order valence-electron chi connectivity index (χ0n) is 5.53. The van der Waals surface area contributed by atoms with Gasteiger partial charge in [-0.05, 0) is 12.2 Å². The standard InChI is InChI=1S/C5H8N4S/c1-9-3-4(2-7-9)8-5(6)10/h2-3H,1H3,(H3,6,8,10). The van der Waals surface area contributed by atoms with Gasteiger partial charge < -0.3 is 11.1 Å². The SMILES string of the molecule is Cn1cc(NC(N)=S)cn1. The minimum atomic E-state index is 0.257. The third-order valence-corrected chi connectivity index (χ3v) is 1.07. The molecule has 3 N–H and O–H groups in total. The normalized spacial score (nSPS) is 9.30. The van der Waals surface area contributed by atoms with Gasteiger partial charge in [-0.3, -0.25) is 4.68 Å². The minimum absolute atomic E-state index is 0.257. The molecule has 1 heterocycles. The highest BCUT2D eigenvalue weighted by molar-refractivity contribution is 7.80. The molecule has 0 aliphatic heterocycles. The van der Waals surface area contributed by atoms with Gasteiger partial charge in [-0.25, -0.2) is 0 Å². The van der Waals surface area contributed by atoms with Gasteiger partial charge in [-0.1, -0.05) is 0 Å². The molecule has 0 spiro atoms. The maximum atomic E-state index is 5.22. The van der Waals surface area contributed by atoms with Crippen LogP contribution in [0.5, 0.6) is 0 Å². The van der Waals surface area contributed by atoms with Crippen molar-refractivity contribution in [3.63, 3.8) is 0 Å². The fourth-order valence-electron chi connectivity index (χ4n) is 0.628. The Balaban J connectivity index is 2.67. The zero-order chi connectivity index (χ0) is 7.56. The third-order valence-electron chi connectivity index (χ3n) is 0.972. The van der Waals surface area contributed by atoms with Crippen molar-refractivity contribution < 1.29 is 0 Å². The van der Waals surface area contributed by atoms with Crippen molar-refractivity contribution in [2.24, 2.45) is 12.8 Å². The summed E-state index contributed by atoms with van der Waals surface area (Å²) < 4.78 is 1.67. The summed E-state index contributed by atoms with van der Waals surface area (Å²) in [7, 11) is 1.82. The Bertz CT molecular complexity index is 242. The van der Waals surface area contributed by atoms with E-state index >= 15 is 0 Å². The monoisotopic (exact) mass is 156 g/mol. The van der Waals surface area contributed by atoms with Gasteiger partial charge in [0.2, 0.25) is 0 Å². The molecule has 0 unspecified atom stereocenters. The van der Waals surface area contributed by atoms with Crippen molar-refractivity contribution >= 4 is 23.0 Å². The molecule has 0 aliphatic rings. The van der Waals surface area contributed by atoms with E-state index in [0.29, 0.717) is 0 Å². The number of nitrogens with zero attached hydrogens (tertiary/aromatic N) is 2. The molecule has 0 aliphatic carbocycles. The fourth-order valence-corrected chi connectivity index (χ4v) is 0.746. The molecule has 1 aromatic heterocycles. The predicted octanol–water partition coefficient (Wildman–Crippen LogP) is 0.0756. The molecule has 0 aromatic carbocycles. The van der Waals surface area contributed by atoms with Crippen molar-refractivity contribution in [3.8, 4) is 0 Å². The van der Waals surface area contributed by atoms with Crippen LogP contribution >= 0.6 is 12.2 Å². The van der Waals surface area contributed by atoms with Crippen LogP contribution < -0.4 is 11.1 Å². The first kappa shape index (κ1) is 7.01. The summed E-state index contributed by atoms with van der Waals surface area (Å²) in [4.78, 5) is 0. The number of nitrogens with one attached hydrogen (secondary N) is 1. The molecule has 1 aromatic rings. The molecule has 0 radical (unpaired) electrons. The van der Waals surface area contributed by atoms with E-state index in [0.717, 1.165) is 5.69 Å². The van der Waals surface area contributed by atoms with E-state index in [-0.39, 0.29) is 5.11 Å².